The Balaban J connectivity index is 2.08. The molecule has 0 spiro atoms. The third-order valence-corrected chi connectivity index (χ3v) is 3.20. The van der Waals surface area contributed by atoms with Gasteiger partial charge in [0.1, 0.15) is 6.04 Å². The lowest BCUT2D eigenvalue weighted by atomic mass is 10.2. The van der Waals surface area contributed by atoms with Crippen LogP contribution in [0.25, 0.3) is 0 Å². The summed E-state index contributed by atoms with van der Waals surface area (Å²) in [7, 11) is 1.35. The molecule has 1 saturated heterocycles. The number of carboxylic acid groups (broad SMARTS) is 1. The van der Waals surface area contributed by atoms with Crippen molar-refractivity contribution < 1.29 is 23.8 Å². The smallest absolute Gasteiger partial charge is 0.326 e. The number of aliphatic carboxylic acids is 1. The molecule has 0 saturated carbocycles. The van der Waals surface area contributed by atoms with Crippen LogP contribution < -0.4 is 10.1 Å². The average molecular weight is 282 g/mol. The number of carbonyl (C=O) groups excluding carboxylic acids is 1. The maximum Gasteiger partial charge on any atom is 0.326 e. The Kier molecular flexibility index (Phi) is 4.07. The molecule has 1 atom stereocenters. The number of hydrogen-bond acceptors (Lipinski definition) is 3. The van der Waals surface area contributed by atoms with Gasteiger partial charge in [-0.2, -0.15) is 0 Å². The summed E-state index contributed by atoms with van der Waals surface area (Å²) in [5.41, 5.74) is 0.254. The van der Waals surface area contributed by atoms with Gasteiger partial charge in [-0.1, -0.05) is 0 Å². The first kappa shape index (κ1) is 14.1. The molecule has 1 aromatic rings. The molecule has 2 rings (SSSR count). The van der Waals surface area contributed by atoms with Gasteiger partial charge in [0.05, 0.1) is 7.11 Å². The molecular weight excluding hydrogens is 267 g/mol. The third-order valence-electron chi connectivity index (χ3n) is 3.20. The number of halogens is 1. The Morgan fingerprint density at radius 1 is 1.50 bits per heavy atom. The number of methoxy groups -OCH3 is 1. The quantitative estimate of drug-likeness (QED) is 0.887. The fourth-order valence-corrected chi connectivity index (χ4v) is 2.21. The SMILES string of the molecule is COc1ccc(NC(=O)N2CCC[C@@H]2C(=O)O)cc1F. The molecule has 1 aliphatic rings. The van der Waals surface area contributed by atoms with Gasteiger partial charge in [-0.3, -0.25) is 0 Å². The molecule has 0 unspecified atom stereocenters. The molecule has 6 nitrogen and oxygen atoms in total. The largest absolute Gasteiger partial charge is 0.494 e. The normalized spacial score (nSPS) is 17.9. The summed E-state index contributed by atoms with van der Waals surface area (Å²) in [6.45, 7) is 0.376. The maximum absolute atomic E-state index is 13.5. The van der Waals surface area contributed by atoms with Crippen molar-refractivity contribution in [3.05, 3.63) is 24.0 Å². The van der Waals surface area contributed by atoms with Gasteiger partial charge in [0, 0.05) is 18.3 Å². The first-order valence-electron chi connectivity index (χ1n) is 6.17. The molecule has 0 bridgehead atoms. The Morgan fingerprint density at radius 2 is 2.25 bits per heavy atom. The molecule has 7 heteroatoms. The minimum atomic E-state index is -1.03. The molecule has 20 heavy (non-hydrogen) atoms. The van der Waals surface area contributed by atoms with Gasteiger partial charge in [0.2, 0.25) is 0 Å². The van der Waals surface area contributed by atoms with Crippen LogP contribution in [-0.2, 0) is 4.79 Å². The molecule has 0 aromatic heterocycles. The summed E-state index contributed by atoms with van der Waals surface area (Å²) in [6, 6.07) is 2.65. The number of benzene rings is 1. The van der Waals surface area contributed by atoms with E-state index in [9.17, 15) is 14.0 Å². The predicted octanol–water partition coefficient (Wildman–Crippen LogP) is 1.92. The van der Waals surface area contributed by atoms with Crippen molar-refractivity contribution in [2.45, 2.75) is 18.9 Å². The molecule has 1 aliphatic heterocycles. The fourth-order valence-electron chi connectivity index (χ4n) is 2.21. The van der Waals surface area contributed by atoms with Gasteiger partial charge in [0.25, 0.3) is 0 Å². The van der Waals surface area contributed by atoms with E-state index >= 15 is 0 Å². The van der Waals surface area contributed by atoms with Crippen LogP contribution in [0.4, 0.5) is 14.9 Å². The van der Waals surface area contributed by atoms with Crippen LogP contribution in [-0.4, -0.2) is 41.7 Å². The molecule has 2 amide bonds. The third kappa shape index (κ3) is 2.81. The highest BCUT2D eigenvalue weighted by molar-refractivity contribution is 5.92. The van der Waals surface area contributed by atoms with E-state index in [0.29, 0.717) is 19.4 Å². The second kappa shape index (κ2) is 5.77. The standard InChI is InChI=1S/C13H15FN2O4/c1-20-11-5-4-8(7-9(11)14)15-13(19)16-6-2-3-10(16)12(17)18/h4-5,7,10H,2-3,6H2,1H3,(H,15,19)(H,17,18)/t10-/m1/s1. The van der Waals surface area contributed by atoms with Crippen LogP contribution in [0.1, 0.15) is 12.8 Å². The molecule has 108 valence electrons. The Bertz CT molecular complexity index is 535. The van der Waals surface area contributed by atoms with Crippen LogP contribution in [0, 0.1) is 5.82 Å². The van der Waals surface area contributed by atoms with E-state index < -0.39 is 23.9 Å². The number of hydrogen-bond donors (Lipinski definition) is 2. The van der Waals surface area contributed by atoms with Crippen LogP contribution in [0.5, 0.6) is 5.75 Å². The molecule has 2 N–H and O–H groups in total. The number of ether oxygens (including phenoxy) is 1. The monoisotopic (exact) mass is 282 g/mol. The number of amides is 2. The average Bonchev–Trinajstić information content (AvgIpc) is 2.88. The lowest BCUT2D eigenvalue weighted by molar-refractivity contribution is -0.141. The lowest BCUT2D eigenvalue weighted by Gasteiger charge is -2.21. The zero-order valence-electron chi connectivity index (χ0n) is 10.9. The molecule has 1 aromatic carbocycles. The minimum Gasteiger partial charge on any atom is -0.494 e. The summed E-state index contributed by atoms with van der Waals surface area (Å²) in [5.74, 6) is -1.55. The Morgan fingerprint density at radius 3 is 2.85 bits per heavy atom. The topological polar surface area (TPSA) is 78.9 Å². The van der Waals surface area contributed by atoms with E-state index in [-0.39, 0.29) is 11.4 Å². The van der Waals surface area contributed by atoms with Crippen molar-refractivity contribution in [2.24, 2.45) is 0 Å². The summed E-state index contributed by atoms with van der Waals surface area (Å²) >= 11 is 0. The number of carbonyl (C=O) groups is 2. The highest BCUT2D eigenvalue weighted by Crippen LogP contribution is 2.22. The van der Waals surface area contributed by atoms with E-state index in [0.717, 1.165) is 6.07 Å². The number of nitrogens with zero attached hydrogens (tertiary/aromatic N) is 1. The van der Waals surface area contributed by atoms with Crippen molar-refractivity contribution in [1.82, 2.24) is 4.90 Å². The molecular formula is C13H15FN2O4. The number of urea groups is 1. The second-order valence-electron chi connectivity index (χ2n) is 4.47. The van der Waals surface area contributed by atoms with Crippen LogP contribution >= 0.6 is 0 Å². The minimum absolute atomic E-state index is 0.0765. The highest BCUT2D eigenvalue weighted by Gasteiger charge is 2.34. The summed E-state index contributed by atoms with van der Waals surface area (Å²) in [6.07, 6.45) is 1.07. The number of likely N-dealkylation sites (tertiary alicyclic amines) is 1. The fraction of sp³-hybridized carbons (Fsp3) is 0.385. The lowest BCUT2D eigenvalue weighted by Crippen LogP contribution is -2.42. The van der Waals surface area contributed by atoms with Gasteiger partial charge in [-0.15, -0.1) is 0 Å². The van der Waals surface area contributed by atoms with Crippen LogP contribution in [0.2, 0.25) is 0 Å². The number of anilines is 1. The van der Waals surface area contributed by atoms with Crippen molar-refractivity contribution in [3.8, 4) is 5.75 Å². The molecule has 1 fully saturated rings. The van der Waals surface area contributed by atoms with E-state index in [2.05, 4.69) is 5.32 Å². The van der Waals surface area contributed by atoms with Gasteiger partial charge < -0.3 is 20.1 Å². The Labute approximate surface area is 115 Å². The van der Waals surface area contributed by atoms with E-state index in [1.807, 2.05) is 0 Å². The van der Waals surface area contributed by atoms with Gasteiger partial charge in [0.15, 0.2) is 11.6 Å². The predicted molar refractivity (Wildman–Crippen MR) is 69.3 cm³/mol. The second-order valence-corrected chi connectivity index (χ2v) is 4.47. The van der Waals surface area contributed by atoms with Crippen molar-refractivity contribution >= 4 is 17.7 Å². The summed E-state index contributed by atoms with van der Waals surface area (Å²) < 4.78 is 18.3. The number of nitrogens with one attached hydrogen (secondary N) is 1. The zero-order valence-corrected chi connectivity index (χ0v) is 10.9. The van der Waals surface area contributed by atoms with Crippen molar-refractivity contribution in [3.63, 3.8) is 0 Å². The molecule has 0 radical (unpaired) electrons. The summed E-state index contributed by atoms with van der Waals surface area (Å²) in [5, 5.41) is 11.5. The van der Waals surface area contributed by atoms with Gasteiger partial charge >= 0.3 is 12.0 Å². The first-order chi connectivity index (χ1) is 9.52. The Hall–Kier alpha value is -2.31. The van der Waals surface area contributed by atoms with E-state index in [1.54, 1.807) is 0 Å². The van der Waals surface area contributed by atoms with Crippen LogP contribution in [0.3, 0.4) is 0 Å². The van der Waals surface area contributed by atoms with Gasteiger partial charge in [-0.05, 0) is 25.0 Å². The van der Waals surface area contributed by atoms with Crippen molar-refractivity contribution in [1.29, 1.82) is 0 Å². The molecule has 0 aliphatic carbocycles. The summed E-state index contributed by atoms with van der Waals surface area (Å²) in [4.78, 5) is 24.2. The van der Waals surface area contributed by atoms with Crippen molar-refractivity contribution in [2.75, 3.05) is 19.0 Å². The maximum atomic E-state index is 13.5. The van der Waals surface area contributed by atoms with Gasteiger partial charge in [-0.25, -0.2) is 14.0 Å². The van der Waals surface area contributed by atoms with E-state index in [4.69, 9.17) is 9.84 Å². The van der Waals surface area contributed by atoms with Crippen LogP contribution in [0.15, 0.2) is 18.2 Å². The highest BCUT2D eigenvalue weighted by atomic mass is 19.1. The first-order valence-corrected chi connectivity index (χ1v) is 6.17. The number of rotatable bonds is 3. The van der Waals surface area contributed by atoms with E-state index in [1.165, 1.54) is 24.1 Å². The molecule has 1 heterocycles. The zero-order chi connectivity index (χ0) is 14.7. The number of carboxylic acids is 1.